The van der Waals surface area contributed by atoms with Gasteiger partial charge in [-0.2, -0.15) is 0 Å². The molecule has 2 amide bonds. The molecule has 6 heteroatoms. The molecule has 114 valence electrons. The number of aryl methyl sites for hydroxylation is 1. The molecule has 2 rings (SSSR count). The van der Waals surface area contributed by atoms with Gasteiger partial charge in [-0.1, -0.05) is 25.4 Å². The monoisotopic (exact) mass is 372 g/mol. The summed E-state index contributed by atoms with van der Waals surface area (Å²) in [6, 6.07) is 2.52. The van der Waals surface area contributed by atoms with Crippen LogP contribution in [-0.2, 0) is 9.59 Å². The van der Waals surface area contributed by atoms with Gasteiger partial charge < -0.3 is 5.32 Å². The van der Waals surface area contributed by atoms with E-state index in [1.165, 1.54) is 0 Å². The van der Waals surface area contributed by atoms with Gasteiger partial charge in [0.25, 0.3) is 0 Å². The van der Waals surface area contributed by atoms with Crippen LogP contribution in [0.5, 0.6) is 0 Å². The van der Waals surface area contributed by atoms with Gasteiger partial charge in [-0.25, -0.2) is 0 Å². The number of piperazine rings is 1. The van der Waals surface area contributed by atoms with Crippen molar-refractivity contribution in [1.29, 1.82) is 0 Å². The van der Waals surface area contributed by atoms with E-state index in [9.17, 15) is 9.59 Å². The van der Waals surface area contributed by atoms with Crippen LogP contribution in [0.3, 0.4) is 0 Å². The lowest BCUT2D eigenvalue weighted by Crippen LogP contribution is -2.64. The van der Waals surface area contributed by atoms with Gasteiger partial charge in [-0.05, 0) is 53.4 Å². The Labute approximate surface area is 138 Å². The first-order valence-corrected chi connectivity index (χ1v) is 8.00. The summed E-state index contributed by atoms with van der Waals surface area (Å²) in [6.45, 7) is 7.42. The predicted octanol–water partition coefficient (Wildman–Crippen LogP) is 3.29. The molecular formula is C15H18BrClN2O2. The van der Waals surface area contributed by atoms with Gasteiger partial charge >= 0.3 is 0 Å². The summed E-state index contributed by atoms with van der Waals surface area (Å²) < 4.78 is 0.755. The largest absolute Gasteiger partial charge is 0.343 e. The Morgan fingerprint density at radius 2 is 1.95 bits per heavy atom. The standard InChI is InChI=1S/C15H18BrClN2O2/c1-7(2)13-14(20)18-9(4)15(21)19(13)12-6-11(17)8(3)5-10(12)16/h5-7,9,13H,1-4H3,(H,18,20). The zero-order valence-electron chi connectivity index (χ0n) is 12.4. The summed E-state index contributed by atoms with van der Waals surface area (Å²) in [4.78, 5) is 26.4. The van der Waals surface area contributed by atoms with Gasteiger partial charge in [0.15, 0.2) is 0 Å². The molecule has 1 aliphatic rings. The lowest BCUT2D eigenvalue weighted by molar-refractivity contribution is -0.134. The van der Waals surface area contributed by atoms with Crippen molar-refractivity contribution in [2.24, 2.45) is 5.92 Å². The summed E-state index contributed by atoms with van der Waals surface area (Å²) >= 11 is 9.67. The second-order valence-corrected chi connectivity index (χ2v) is 6.94. The Balaban J connectivity index is 2.58. The van der Waals surface area contributed by atoms with Crippen LogP contribution in [0.25, 0.3) is 0 Å². The smallest absolute Gasteiger partial charge is 0.250 e. The minimum Gasteiger partial charge on any atom is -0.343 e. The Bertz CT molecular complexity index is 604. The van der Waals surface area contributed by atoms with E-state index >= 15 is 0 Å². The lowest BCUT2D eigenvalue weighted by atomic mass is 9.96. The van der Waals surface area contributed by atoms with Crippen molar-refractivity contribution in [3.63, 3.8) is 0 Å². The Morgan fingerprint density at radius 3 is 2.52 bits per heavy atom. The highest BCUT2D eigenvalue weighted by molar-refractivity contribution is 9.10. The molecular weight excluding hydrogens is 356 g/mol. The molecule has 1 aromatic carbocycles. The van der Waals surface area contributed by atoms with Crippen molar-refractivity contribution in [3.8, 4) is 0 Å². The maximum absolute atomic E-state index is 12.6. The number of nitrogens with zero attached hydrogens (tertiary/aromatic N) is 1. The van der Waals surface area contributed by atoms with Crippen LogP contribution in [-0.4, -0.2) is 23.9 Å². The number of benzene rings is 1. The molecule has 1 aliphatic heterocycles. The van der Waals surface area contributed by atoms with Gasteiger partial charge in [0, 0.05) is 9.50 Å². The summed E-state index contributed by atoms with van der Waals surface area (Å²) in [5.41, 5.74) is 1.55. The van der Waals surface area contributed by atoms with Crippen molar-refractivity contribution < 1.29 is 9.59 Å². The second-order valence-electron chi connectivity index (χ2n) is 5.68. The molecule has 1 saturated heterocycles. The Kier molecular flexibility index (Phi) is 4.63. The van der Waals surface area contributed by atoms with E-state index in [0.29, 0.717) is 10.7 Å². The predicted molar refractivity (Wildman–Crippen MR) is 87.6 cm³/mol. The Morgan fingerprint density at radius 1 is 1.33 bits per heavy atom. The second kappa shape index (κ2) is 5.97. The van der Waals surface area contributed by atoms with Gasteiger partial charge in [-0.15, -0.1) is 0 Å². The molecule has 0 radical (unpaired) electrons. The van der Waals surface area contributed by atoms with Crippen molar-refractivity contribution in [2.45, 2.75) is 39.8 Å². The lowest BCUT2D eigenvalue weighted by Gasteiger charge is -2.40. The van der Waals surface area contributed by atoms with E-state index in [1.54, 1.807) is 17.9 Å². The minimum atomic E-state index is -0.542. The molecule has 0 aromatic heterocycles. The summed E-state index contributed by atoms with van der Waals surface area (Å²) in [6.07, 6.45) is 0. The summed E-state index contributed by atoms with van der Waals surface area (Å²) in [7, 11) is 0. The van der Waals surface area contributed by atoms with Crippen molar-refractivity contribution in [2.75, 3.05) is 4.90 Å². The average molecular weight is 374 g/mol. The molecule has 21 heavy (non-hydrogen) atoms. The van der Waals surface area contributed by atoms with Crippen molar-refractivity contribution >= 4 is 45.0 Å². The molecule has 1 N–H and O–H groups in total. The first kappa shape index (κ1) is 16.3. The maximum atomic E-state index is 12.6. The van der Waals surface area contributed by atoms with Crippen molar-refractivity contribution in [1.82, 2.24) is 5.32 Å². The topological polar surface area (TPSA) is 49.4 Å². The fourth-order valence-corrected chi connectivity index (χ4v) is 3.32. The third-order valence-electron chi connectivity index (χ3n) is 3.63. The first-order valence-electron chi connectivity index (χ1n) is 6.83. The molecule has 1 fully saturated rings. The van der Waals surface area contributed by atoms with Gasteiger partial charge in [0.2, 0.25) is 11.8 Å². The molecule has 0 aliphatic carbocycles. The molecule has 1 heterocycles. The quantitative estimate of drug-likeness (QED) is 0.865. The van der Waals surface area contributed by atoms with E-state index in [2.05, 4.69) is 21.2 Å². The van der Waals surface area contributed by atoms with Gasteiger partial charge in [0.05, 0.1) is 5.69 Å². The highest BCUT2D eigenvalue weighted by atomic mass is 79.9. The fourth-order valence-electron chi connectivity index (χ4n) is 2.51. The van der Waals surface area contributed by atoms with Crippen LogP contribution in [0.15, 0.2) is 16.6 Å². The summed E-state index contributed by atoms with van der Waals surface area (Å²) in [5.74, 6) is -0.275. The number of hydrogen-bond donors (Lipinski definition) is 1. The zero-order chi connectivity index (χ0) is 15.9. The van der Waals surface area contributed by atoms with Crippen LogP contribution < -0.4 is 10.2 Å². The normalized spacial score (nSPS) is 22.7. The maximum Gasteiger partial charge on any atom is 0.250 e. The van der Waals surface area contributed by atoms with Crippen LogP contribution >= 0.6 is 27.5 Å². The van der Waals surface area contributed by atoms with Crippen LogP contribution in [0.2, 0.25) is 5.02 Å². The molecule has 0 saturated carbocycles. The molecule has 4 nitrogen and oxygen atoms in total. The van der Waals surface area contributed by atoms with Crippen LogP contribution in [0.4, 0.5) is 5.69 Å². The highest BCUT2D eigenvalue weighted by Gasteiger charge is 2.41. The molecule has 0 bridgehead atoms. The zero-order valence-corrected chi connectivity index (χ0v) is 14.7. The number of amides is 2. The molecule has 0 spiro atoms. The number of nitrogens with one attached hydrogen (secondary N) is 1. The fraction of sp³-hybridized carbons (Fsp3) is 0.467. The van der Waals surface area contributed by atoms with E-state index in [-0.39, 0.29) is 17.7 Å². The molecule has 2 unspecified atom stereocenters. The highest BCUT2D eigenvalue weighted by Crippen LogP contribution is 2.35. The van der Waals surface area contributed by atoms with E-state index in [4.69, 9.17) is 11.6 Å². The molecule has 2 atom stereocenters. The minimum absolute atomic E-state index is 0.00608. The summed E-state index contributed by atoms with van der Waals surface area (Å²) in [5, 5.41) is 3.30. The third kappa shape index (κ3) is 2.94. The van der Waals surface area contributed by atoms with Crippen LogP contribution in [0.1, 0.15) is 26.3 Å². The first-order chi connectivity index (χ1) is 9.73. The average Bonchev–Trinajstić information content (AvgIpc) is 2.37. The number of carbonyl (C=O) groups is 2. The van der Waals surface area contributed by atoms with Gasteiger partial charge in [-0.3, -0.25) is 14.5 Å². The van der Waals surface area contributed by atoms with Crippen LogP contribution in [0, 0.1) is 12.8 Å². The molecule has 1 aromatic rings. The van der Waals surface area contributed by atoms with E-state index < -0.39 is 12.1 Å². The number of halogens is 2. The third-order valence-corrected chi connectivity index (χ3v) is 4.67. The number of rotatable bonds is 2. The van der Waals surface area contributed by atoms with E-state index in [0.717, 1.165) is 10.0 Å². The Hall–Kier alpha value is -1.07. The number of anilines is 1. The SMILES string of the molecule is Cc1cc(Br)c(N2C(=O)C(C)NC(=O)C2C(C)C)cc1Cl. The number of carbonyl (C=O) groups excluding carboxylic acids is 2. The van der Waals surface area contributed by atoms with Gasteiger partial charge in [0.1, 0.15) is 12.1 Å². The van der Waals surface area contributed by atoms with E-state index in [1.807, 2.05) is 26.8 Å². The van der Waals surface area contributed by atoms with Crippen molar-refractivity contribution in [3.05, 3.63) is 27.2 Å². The number of hydrogen-bond acceptors (Lipinski definition) is 2.